The fourth-order valence-electron chi connectivity index (χ4n) is 4.59. The number of nitrogens with two attached hydrogens (primary N) is 1. The van der Waals surface area contributed by atoms with Crippen LogP contribution in [0.3, 0.4) is 0 Å². The number of esters is 1. The van der Waals surface area contributed by atoms with E-state index in [1.165, 1.54) is 19.3 Å². The van der Waals surface area contributed by atoms with Crippen LogP contribution in [0.25, 0.3) is 0 Å². The topological polar surface area (TPSA) is 155 Å². The van der Waals surface area contributed by atoms with Crippen LogP contribution in [0.2, 0.25) is 0 Å². The second-order valence-corrected chi connectivity index (χ2v) is 13.8. The Hall–Kier alpha value is -2.33. The molecule has 0 fully saturated rings. The van der Waals surface area contributed by atoms with Crippen LogP contribution < -0.4 is 5.73 Å². The molecule has 0 bridgehead atoms. The number of rotatable bonds is 35. The van der Waals surface area contributed by atoms with Crippen molar-refractivity contribution in [3.63, 3.8) is 0 Å². The number of carboxylic acid groups (broad SMARTS) is 1. The van der Waals surface area contributed by atoms with Gasteiger partial charge in [-0.3, -0.25) is 18.6 Å². The predicted octanol–water partition coefficient (Wildman–Crippen LogP) is 9.69. The molecule has 50 heavy (non-hydrogen) atoms. The van der Waals surface area contributed by atoms with Crippen molar-refractivity contribution in [2.75, 3.05) is 26.4 Å². The molecule has 3 atom stereocenters. The number of unbranched alkanes of at least 4 members (excludes halogenated alkanes) is 11. The number of carboxylic acids is 1. The van der Waals surface area contributed by atoms with Gasteiger partial charge < -0.3 is 25.2 Å². The molecule has 4 N–H and O–H groups in total. The fourth-order valence-corrected chi connectivity index (χ4v) is 5.36. The SMILES string of the molecule is CC/C=C\C/C=C\C/C=C\C/C=C\CCCCCOCC(COP(=O)(O)OCC(N)C(=O)O)OC(=O)CCCCCCC/C=C\CCCCC. The summed E-state index contributed by atoms with van der Waals surface area (Å²) in [4.78, 5) is 33.4. The maximum atomic E-state index is 12.5. The molecule has 0 spiro atoms. The molecular weight excluding hydrogens is 657 g/mol. The van der Waals surface area contributed by atoms with E-state index in [0.29, 0.717) is 13.0 Å². The molecule has 0 aliphatic carbocycles. The first-order valence-corrected chi connectivity index (χ1v) is 20.3. The highest BCUT2D eigenvalue weighted by molar-refractivity contribution is 7.47. The lowest BCUT2D eigenvalue weighted by atomic mass is 10.1. The van der Waals surface area contributed by atoms with E-state index >= 15 is 0 Å². The predicted molar refractivity (Wildman–Crippen MR) is 203 cm³/mol. The van der Waals surface area contributed by atoms with Crippen molar-refractivity contribution in [2.45, 2.75) is 148 Å². The number of carbonyl (C=O) groups is 2. The lowest BCUT2D eigenvalue weighted by Gasteiger charge is -2.20. The zero-order chi connectivity index (χ0) is 37.0. The standard InChI is InChI=1S/C39H68NO9P/c1-3-5-7-9-11-13-15-17-18-19-20-22-24-26-28-30-32-46-33-36(34-47-50(44,45)48-35-37(40)39(42)43)49-38(41)31-29-27-25-23-21-16-14-12-10-8-6-4-2/h5,7,11-14,17-18,20,22,36-37H,3-4,6,8-10,15-16,19,21,23-35,40H2,1-2H3,(H,42,43)(H,44,45)/b7-5-,13-11-,14-12-,18-17-,22-20-. The summed E-state index contributed by atoms with van der Waals surface area (Å²) in [6.45, 7) is 3.62. The third-order valence-corrected chi connectivity index (χ3v) is 8.48. The number of allylic oxidation sites excluding steroid dienone is 10. The molecule has 0 aromatic carbocycles. The molecule has 0 aromatic rings. The monoisotopic (exact) mass is 725 g/mol. The normalized spacial score (nSPS) is 14.8. The molecule has 0 heterocycles. The summed E-state index contributed by atoms with van der Waals surface area (Å²) < 4.78 is 33.1. The fraction of sp³-hybridized carbons (Fsp3) is 0.692. The van der Waals surface area contributed by atoms with Gasteiger partial charge in [0.2, 0.25) is 0 Å². The molecule has 0 saturated carbocycles. The largest absolute Gasteiger partial charge is 0.480 e. The zero-order valence-electron chi connectivity index (χ0n) is 31.0. The highest BCUT2D eigenvalue weighted by Crippen LogP contribution is 2.43. The number of hydrogen-bond donors (Lipinski definition) is 3. The summed E-state index contributed by atoms with van der Waals surface area (Å²) in [6, 6.07) is -1.48. The summed E-state index contributed by atoms with van der Waals surface area (Å²) in [5.74, 6) is -1.81. The van der Waals surface area contributed by atoms with E-state index in [0.717, 1.165) is 89.9 Å². The van der Waals surface area contributed by atoms with Gasteiger partial charge in [-0.05, 0) is 77.0 Å². The number of hydrogen-bond acceptors (Lipinski definition) is 8. The van der Waals surface area contributed by atoms with Crippen LogP contribution in [-0.2, 0) is 32.7 Å². The number of phosphoric ester groups is 1. The van der Waals surface area contributed by atoms with E-state index in [-0.39, 0.29) is 13.0 Å². The average molecular weight is 726 g/mol. The van der Waals surface area contributed by atoms with Gasteiger partial charge in [0, 0.05) is 13.0 Å². The minimum absolute atomic E-state index is 0.0107. The average Bonchev–Trinajstić information content (AvgIpc) is 3.09. The van der Waals surface area contributed by atoms with Crippen LogP contribution >= 0.6 is 7.82 Å². The molecule has 0 rings (SSSR count). The molecule has 0 amide bonds. The van der Waals surface area contributed by atoms with E-state index in [1.54, 1.807) is 0 Å². The van der Waals surface area contributed by atoms with Crippen LogP contribution in [0.15, 0.2) is 60.8 Å². The lowest BCUT2D eigenvalue weighted by Crippen LogP contribution is -2.34. The number of phosphoric acid groups is 1. The zero-order valence-corrected chi connectivity index (χ0v) is 31.9. The second-order valence-electron chi connectivity index (χ2n) is 12.3. The van der Waals surface area contributed by atoms with Crippen LogP contribution in [0.1, 0.15) is 136 Å². The number of carbonyl (C=O) groups excluding carboxylic acids is 1. The van der Waals surface area contributed by atoms with Gasteiger partial charge in [0.15, 0.2) is 0 Å². The Labute approximate surface area is 302 Å². The minimum Gasteiger partial charge on any atom is -0.480 e. The molecule has 288 valence electrons. The van der Waals surface area contributed by atoms with Crippen molar-refractivity contribution >= 4 is 19.8 Å². The second kappa shape index (κ2) is 35.1. The quantitative estimate of drug-likeness (QED) is 0.0249. The highest BCUT2D eigenvalue weighted by Gasteiger charge is 2.27. The first-order valence-electron chi connectivity index (χ1n) is 18.8. The maximum absolute atomic E-state index is 12.5. The Morgan fingerprint density at radius 2 is 1.16 bits per heavy atom. The van der Waals surface area contributed by atoms with Gasteiger partial charge >= 0.3 is 19.8 Å². The molecular formula is C39H68NO9P. The van der Waals surface area contributed by atoms with Crippen molar-refractivity contribution in [3.8, 4) is 0 Å². The van der Waals surface area contributed by atoms with Crippen molar-refractivity contribution in [2.24, 2.45) is 5.73 Å². The summed E-state index contributed by atoms with van der Waals surface area (Å²) >= 11 is 0. The molecule has 10 nitrogen and oxygen atoms in total. The number of ether oxygens (including phenoxy) is 2. The minimum atomic E-state index is -4.62. The Morgan fingerprint density at radius 1 is 0.660 bits per heavy atom. The van der Waals surface area contributed by atoms with E-state index in [2.05, 4.69) is 79.1 Å². The smallest absolute Gasteiger partial charge is 0.472 e. The molecule has 0 saturated heterocycles. The van der Waals surface area contributed by atoms with Gasteiger partial charge in [0.25, 0.3) is 0 Å². The molecule has 0 aromatic heterocycles. The Morgan fingerprint density at radius 3 is 1.76 bits per heavy atom. The van der Waals surface area contributed by atoms with Crippen LogP contribution in [0, 0.1) is 0 Å². The molecule has 0 radical (unpaired) electrons. The Bertz CT molecular complexity index is 1030. The van der Waals surface area contributed by atoms with Crippen LogP contribution in [0.4, 0.5) is 0 Å². The molecule has 11 heteroatoms. The van der Waals surface area contributed by atoms with Crippen LogP contribution in [0.5, 0.6) is 0 Å². The maximum Gasteiger partial charge on any atom is 0.472 e. The third kappa shape index (κ3) is 34.1. The number of aliphatic carboxylic acids is 1. The van der Waals surface area contributed by atoms with Gasteiger partial charge in [0.1, 0.15) is 12.1 Å². The first kappa shape index (κ1) is 47.7. The lowest BCUT2D eigenvalue weighted by molar-refractivity contribution is -0.154. The summed E-state index contributed by atoms with van der Waals surface area (Å²) in [6.07, 6.45) is 39.9. The molecule has 3 unspecified atom stereocenters. The van der Waals surface area contributed by atoms with Gasteiger partial charge in [-0.1, -0.05) is 113 Å². The summed E-state index contributed by atoms with van der Waals surface area (Å²) in [7, 11) is -4.62. The van der Waals surface area contributed by atoms with E-state index in [4.69, 9.17) is 24.8 Å². The third-order valence-electron chi connectivity index (χ3n) is 7.53. The summed E-state index contributed by atoms with van der Waals surface area (Å²) in [5.41, 5.74) is 5.33. The highest BCUT2D eigenvalue weighted by atomic mass is 31.2. The molecule has 0 aliphatic rings. The van der Waals surface area contributed by atoms with Crippen molar-refractivity contribution in [3.05, 3.63) is 60.8 Å². The van der Waals surface area contributed by atoms with Crippen LogP contribution in [-0.4, -0.2) is 60.5 Å². The van der Waals surface area contributed by atoms with E-state index in [1.807, 2.05) is 0 Å². The van der Waals surface area contributed by atoms with E-state index in [9.17, 15) is 19.0 Å². The van der Waals surface area contributed by atoms with Gasteiger partial charge in [-0.2, -0.15) is 0 Å². The van der Waals surface area contributed by atoms with Crippen molar-refractivity contribution in [1.82, 2.24) is 0 Å². The van der Waals surface area contributed by atoms with Crippen molar-refractivity contribution < 1.29 is 42.7 Å². The van der Waals surface area contributed by atoms with Crippen molar-refractivity contribution in [1.29, 1.82) is 0 Å². The Kier molecular flexibility index (Phi) is 33.5. The van der Waals surface area contributed by atoms with Gasteiger partial charge in [-0.15, -0.1) is 0 Å². The van der Waals surface area contributed by atoms with Gasteiger partial charge in [0.05, 0.1) is 19.8 Å². The van der Waals surface area contributed by atoms with E-state index < -0.39 is 45.1 Å². The molecule has 0 aliphatic heterocycles. The van der Waals surface area contributed by atoms with Gasteiger partial charge in [-0.25, -0.2) is 4.57 Å². The summed E-state index contributed by atoms with van der Waals surface area (Å²) in [5, 5.41) is 8.86. The Balaban J connectivity index is 4.40. The first-order chi connectivity index (χ1) is 24.2.